The SMILES string of the molecule is CCCOc1c(Cl)ccc2c(C)cc(-c3cn(CCO)nc3C)nc12. The quantitative estimate of drug-likeness (QED) is 0.718. The van der Waals surface area contributed by atoms with E-state index in [1.54, 1.807) is 4.68 Å². The highest BCUT2D eigenvalue weighted by Crippen LogP contribution is 2.36. The first-order chi connectivity index (χ1) is 12.0. The van der Waals surface area contributed by atoms with Gasteiger partial charge < -0.3 is 9.84 Å². The maximum absolute atomic E-state index is 9.12. The van der Waals surface area contributed by atoms with Crippen molar-refractivity contribution in [2.24, 2.45) is 0 Å². The van der Waals surface area contributed by atoms with Gasteiger partial charge >= 0.3 is 0 Å². The van der Waals surface area contributed by atoms with Crippen LogP contribution in [0, 0.1) is 13.8 Å². The number of hydrogen-bond acceptors (Lipinski definition) is 4. The Labute approximate surface area is 152 Å². The summed E-state index contributed by atoms with van der Waals surface area (Å²) < 4.78 is 7.61. The van der Waals surface area contributed by atoms with Crippen LogP contribution in [0.25, 0.3) is 22.2 Å². The van der Waals surface area contributed by atoms with E-state index in [4.69, 9.17) is 26.4 Å². The largest absolute Gasteiger partial charge is 0.490 e. The van der Waals surface area contributed by atoms with Crippen LogP contribution in [-0.2, 0) is 6.54 Å². The molecule has 0 aliphatic heterocycles. The summed E-state index contributed by atoms with van der Waals surface area (Å²) in [4.78, 5) is 4.83. The van der Waals surface area contributed by atoms with Crippen molar-refractivity contribution in [1.29, 1.82) is 0 Å². The lowest BCUT2D eigenvalue weighted by Gasteiger charge is -2.12. The number of ether oxygens (including phenoxy) is 1. The predicted molar refractivity (Wildman–Crippen MR) is 100 cm³/mol. The molecule has 3 rings (SSSR count). The normalized spacial score (nSPS) is 11.2. The first kappa shape index (κ1) is 17.7. The van der Waals surface area contributed by atoms with Gasteiger partial charge in [-0.2, -0.15) is 5.10 Å². The molecule has 2 aromatic heterocycles. The number of nitrogens with zero attached hydrogens (tertiary/aromatic N) is 3. The summed E-state index contributed by atoms with van der Waals surface area (Å²) in [6.07, 6.45) is 2.81. The van der Waals surface area contributed by atoms with Crippen molar-refractivity contribution in [2.45, 2.75) is 33.7 Å². The molecule has 0 aliphatic carbocycles. The van der Waals surface area contributed by atoms with Crippen molar-refractivity contribution >= 4 is 22.5 Å². The highest BCUT2D eigenvalue weighted by atomic mass is 35.5. The maximum atomic E-state index is 9.12. The van der Waals surface area contributed by atoms with Gasteiger partial charge in [-0.3, -0.25) is 4.68 Å². The molecule has 0 saturated heterocycles. The Morgan fingerprint density at radius 2 is 2.08 bits per heavy atom. The molecule has 5 nitrogen and oxygen atoms in total. The average molecular weight is 360 g/mol. The van der Waals surface area contributed by atoms with Crippen molar-refractivity contribution in [1.82, 2.24) is 14.8 Å². The predicted octanol–water partition coefficient (Wildman–Crippen LogP) is 4.15. The number of aliphatic hydroxyl groups is 1. The van der Waals surface area contributed by atoms with Gasteiger partial charge in [-0.05, 0) is 38.0 Å². The van der Waals surface area contributed by atoms with Gasteiger partial charge in [-0.15, -0.1) is 0 Å². The van der Waals surface area contributed by atoms with Crippen LogP contribution < -0.4 is 4.74 Å². The molecule has 0 unspecified atom stereocenters. The van der Waals surface area contributed by atoms with Crippen molar-refractivity contribution in [3.8, 4) is 17.0 Å². The highest BCUT2D eigenvalue weighted by Gasteiger charge is 2.15. The fourth-order valence-electron chi connectivity index (χ4n) is 2.88. The molecule has 0 aliphatic rings. The van der Waals surface area contributed by atoms with Crippen molar-refractivity contribution in [3.05, 3.63) is 40.7 Å². The molecule has 1 N–H and O–H groups in total. The summed E-state index contributed by atoms with van der Waals surface area (Å²) in [5, 5.41) is 15.1. The second-order valence-corrected chi connectivity index (χ2v) is 6.47. The second-order valence-electron chi connectivity index (χ2n) is 6.06. The molecule has 6 heteroatoms. The van der Waals surface area contributed by atoms with Gasteiger partial charge in [0.05, 0.1) is 36.2 Å². The molecule has 0 spiro atoms. The molecule has 2 heterocycles. The molecule has 0 bridgehead atoms. The monoisotopic (exact) mass is 359 g/mol. The van der Waals surface area contributed by atoms with Gasteiger partial charge in [-0.25, -0.2) is 4.98 Å². The number of benzene rings is 1. The van der Waals surface area contributed by atoms with E-state index in [1.807, 2.05) is 31.3 Å². The minimum absolute atomic E-state index is 0.0509. The van der Waals surface area contributed by atoms with Gasteiger partial charge in [-0.1, -0.05) is 24.6 Å². The molecule has 3 aromatic rings. The van der Waals surface area contributed by atoms with Gasteiger partial charge in [0.1, 0.15) is 5.52 Å². The minimum Gasteiger partial charge on any atom is -0.490 e. The Hall–Kier alpha value is -2.11. The Morgan fingerprint density at radius 1 is 1.28 bits per heavy atom. The third-order valence-electron chi connectivity index (χ3n) is 4.10. The Kier molecular flexibility index (Phi) is 5.25. The van der Waals surface area contributed by atoms with Crippen LogP contribution in [0.2, 0.25) is 5.02 Å². The standard InChI is InChI=1S/C19H22ClN3O2/c1-4-9-25-19-16(20)6-5-14-12(2)10-17(21-18(14)19)15-11-23(7-8-24)22-13(15)3/h5-6,10-11,24H,4,7-9H2,1-3H3. The van der Waals surface area contributed by atoms with Gasteiger partial charge in [0.25, 0.3) is 0 Å². The second kappa shape index (κ2) is 7.42. The molecule has 0 atom stereocenters. The van der Waals surface area contributed by atoms with Crippen LogP contribution in [0.15, 0.2) is 24.4 Å². The summed E-state index contributed by atoms with van der Waals surface area (Å²) in [7, 11) is 0. The lowest BCUT2D eigenvalue weighted by Crippen LogP contribution is -2.02. The Balaban J connectivity index is 2.17. The molecule has 0 amide bonds. The fraction of sp³-hybridized carbons (Fsp3) is 0.368. The highest BCUT2D eigenvalue weighted by molar-refractivity contribution is 6.33. The number of fused-ring (bicyclic) bond motifs is 1. The average Bonchev–Trinajstić information content (AvgIpc) is 2.94. The van der Waals surface area contributed by atoms with Gasteiger partial charge in [0.2, 0.25) is 0 Å². The zero-order valence-corrected chi connectivity index (χ0v) is 15.5. The molecule has 25 heavy (non-hydrogen) atoms. The Bertz CT molecular complexity index is 905. The van der Waals surface area contributed by atoms with Crippen LogP contribution in [0.3, 0.4) is 0 Å². The van der Waals surface area contributed by atoms with E-state index in [0.29, 0.717) is 23.9 Å². The number of pyridine rings is 1. The number of hydrogen-bond donors (Lipinski definition) is 1. The third kappa shape index (κ3) is 3.48. The van der Waals surface area contributed by atoms with E-state index in [-0.39, 0.29) is 6.61 Å². The number of rotatable bonds is 6. The third-order valence-corrected chi connectivity index (χ3v) is 4.39. The molecular weight excluding hydrogens is 338 g/mol. The van der Waals surface area contributed by atoms with Crippen molar-refractivity contribution < 1.29 is 9.84 Å². The summed E-state index contributed by atoms with van der Waals surface area (Å²) >= 11 is 6.36. The fourth-order valence-corrected chi connectivity index (χ4v) is 3.08. The van der Waals surface area contributed by atoms with E-state index < -0.39 is 0 Å². The van der Waals surface area contributed by atoms with Crippen LogP contribution >= 0.6 is 11.6 Å². The molecule has 132 valence electrons. The van der Waals surface area contributed by atoms with Crippen LogP contribution in [-0.4, -0.2) is 33.1 Å². The van der Waals surface area contributed by atoms with Crippen LogP contribution in [0.4, 0.5) is 0 Å². The first-order valence-electron chi connectivity index (χ1n) is 8.43. The lowest BCUT2D eigenvalue weighted by atomic mass is 10.1. The van der Waals surface area contributed by atoms with Crippen LogP contribution in [0.5, 0.6) is 5.75 Å². The molecule has 0 fully saturated rings. The van der Waals surface area contributed by atoms with E-state index in [0.717, 1.165) is 39.8 Å². The topological polar surface area (TPSA) is 60.2 Å². The zero-order valence-electron chi connectivity index (χ0n) is 14.7. The summed E-state index contributed by atoms with van der Waals surface area (Å²) in [5.74, 6) is 0.631. The smallest absolute Gasteiger partial charge is 0.164 e. The van der Waals surface area contributed by atoms with E-state index in [1.165, 1.54) is 0 Å². The number of aliphatic hydroxyl groups excluding tert-OH is 1. The van der Waals surface area contributed by atoms with E-state index in [2.05, 4.69) is 18.9 Å². The van der Waals surface area contributed by atoms with E-state index in [9.17, 15) is 0 Å². The molecule has 1 aromatic carbocycles. The summed E-state index contributed by atoms with van der Waals surface area (Å²) in [6.45, 7) is 7.16. The minimum atomic E-state index is 0.0509. The number of aromatic nitrogens is 3. The Morgan fingerprint density at radius 3 is 2.80 bits per heavy atom. The summed E-state index contributed by atoms with van der Waals surface area (Å²) in [5.41, 5.74) is 4.52. The van der Waals surface area contributed by atoms with Crippen molar-refractivity contribution in [3.63, 3.8) is 0 Å². The number of halogens is 1. The molecule has 0 saturated carbocycles. The maximum Gasteiger partial charge on any atom is 0.164 e. The van der Waals surface area contributed by atoms with Crippen LogP contribution in [0.1, 0.15) is 24.6 Å². The van der Waals surface area contributed by atoms with Gasteiger partial charge in [0.15, 0.2) is 5.75 Å². The van der Waals surface area contributed by atoms with E-state index >= 15 is 0 Å². The lowest BCUT2D eigenvalue weighted by molar-refractivity contribution is 0.269. The number of aryl methyl sites for hydroxylation is 2. The molecular formula is C19H22ClN3O2. The zero-order chi connectivity index (χ0) is 18.0. The molecule has 0 radical (unpaired) electrons. The summed E-state index contributed by atoms with van der Waals surface area (Å²) in [6, 6.07) is 5.88. The van der Waals surface area contributed by atoms with Gasteiger partial charge in [0, 0.05) is 17.1 Å². The van der Waals surface area contributed by atoms with Crippen molar-refractivity contribution in [2.75, 3.05) is 13.2 Å². The first-order valence-corrected chi connectivity index (χ1v) is 8.81.